The first-order chi connectivity index (χ1) is 12.9. The van der Waals surface area contributed by atoms with Crippen molar-refractivity contribution in [1.82, 2.24) is 4.98 Å². The highest BCUT2D eigenvalue weighted by molar-refractivity contribution is 7.90. The molecule has 27 heavy (non-hydrogen) atoms. The Morgan fingerprint density at radius 3 is 2.44 bits per heavy atom. The van der Waals surface area contributed by atoms with Crippen molar-refractivity contribution in [1.29, 1.82) is 0 Å². The molecular weight excluding hydrogens is 386 g/mol. The fourth-order valence-electron chi connectivity index (χ4n) is 2.44. The average Bonchev–Trinajstić information content (AvgIpc) is 2.68. The normalized spacial score (nSPS) is 11.1. The van der Waals surface area contributed by atoms with Gasteiger partial charge in [-0.3, -0.25) is 0 Å². The maximum absolute atomic E-state index is 12.5. The molecule has 0 spiro atoms. The van der Waals surface area contributed by atoms with E-state index in [1.807, 2.05) is 0 Å². The van der Waals surface area contributed by atoms with Crippen LogP contribution in [0.4, 0.5) is 0 Å². The lowest BCUT2D eigenvalue weighted by atomic mass is 10.1. The summed E-state index contributed by atoms with van der Waals surface area (Å²) >= 11 is 5.72. The number of esters is 1. The van der Waals surface area contributed by atoms with Crippen LogP contribution in [0.5, 0.6) is 0 Å². The zero-order chi connectivity index (χ0) is 19.3. The number of benzene rings is 2. The van der Waals surface area contributed by atoms with Crippen molar-refractivity contribution in [2.24, 2.45) is 0 Å². The summed E-state index contributed by atoms with van der Waals surface area (Å²) in [7, 11) is -3.49. The topological polar surface area (TPSA) is 73.3 Å². The Labute approximate surface area is 162 Å². The van der Waals surface area contributed by atoms with Gasteiger partial charge in [-0.05, 0) is 35.9 Å². The number of ether oxygens (including phenoxy) is 1. The first-order valence-electron chi connectivity index (χ1n) is 8.08. The number of aromatic nitrogens is 1. The second-order valence-electron chi connectivity index (χ2n) is 5.84. The highest BCUT2D eigenvalue weighted by Gasteiger charge is 2.16. The fourth-order valence-corrected chi connectivity index (χ4v) is 3.91. The van der Waals surface area contributed by atoms with Gasteiger partial charge in [-0.2, -0.15) is 0 Å². The second-order valence-corrected chi connectivity index (χ2v) is 8.21. The molecule has 0 saturated heterocycles. The molecule has 0 unspecified atom stereocenters. The molecule has 1 heterocycles. The number of sulfone groups is 1. The largest absolute Gasteiger partial charge is 0.457 e. The maximum Gasteiger partial charge on any atom is 0.338 e. The summed E-state index contributed by atoms with van der Waals surface area (Å²) in [6.07, 6.45) is 1.53. The zero-order valence-electron chi connectivity index (χ0n) is 14.2. The van der Waals surface area contributed by atoms with Gasteiger partial charge in [0, 0.05) is 11.8 Å². The highest BCUT2D eigenvalue weighted by Crippen LogP contribution is 2.17. The molecule has 3 aromatic rings. The van der Waals surface area contributed by atoms with Crippen molar-refractivity contribution in [3.63, 3.8) is 0 Å². The number of rotatable bonds is 6. The zero-order valence-corrected chi connectivity index (χ0v) is 15.8. The molecule has 7 heteroatoms. The molecular formula is C20H16ClNO4S. The molecule has 0 aliphatic heterocycles. The Hall–Kier alpha value is -2.70. The van der Waals surface area contributed by atoms with Crippen molar-refractivity contribution >= 4 is 27.4 Å². The van der Waals surface area contributed by atoms with Gasteiger partial charge >= 0.3 is 5.97 Å². The van der Waals surface area contributed by atoms with Gasteiger partial charge in [-0.25, -0.2) is 18.2 Å². The van der Waals surface area contributed by atoms with Crippen LogP contribution in [0.25, 0.3) is 0 Å². The standard InChI is InChI=1S/C20H16ClNO4S/c21-19-10-9-16(12-22-19)13-26-20(23)17-6-4-5-15(11-17)14-27(24,25)18-7-2-1-3-8-18/h1-12H,13-14H2. The molecule has 0 saturated carbocycles. The van der Waals surface area contributed by atoms with Crippen LogP contribution in [0.3, 0.4) is 0 Å². The van der Waals surface area contributed by atoms with E-state index >= 15 is 0 Å². The fraction of sp³-hybridized carbons (Fsp3) is 0.100. The molecule has 2 aromatic carbocycles. The molecule has 0 aliphatic rings. The minimum atomic E-state index is -3.49. The summed E-state index contributed by atoms with van der Waals surface area (Å²) in [6.45, 7) is 0.0511. The van der Waals surface area contributed by atoms with Crippen molar-refractivity contribution < 1.29 is 17.9 Å². The lowest BCUT2D eigenvalue weighted by molar-refractivity contribution is 0.0472. The summed E-state index contributed by atoms with van der Waals surface area (Å²) in [4.78, 5) is 16.4. The Bertz CT molecular complexity index is 1040. The van der Waals surface area contributed by atoms with E-state index in [9.17, 15) is 13.2 Å². The Balaban J connectivity index is 1.69. The van der Waals surface area contributed by atoms with Crippen LogP contribution in [0.2, 0.25) is 5.15 Å². The predicted molar refractivity (Wildman–Crippen MR) is 102 cm³/mol. The van der Waals surface area contributed by atoms with Gasteiger partial charge in [0.2, 0.25) is 0 Å². The molecule has 0 atom stereocenters. The van der Waals surface area contributed by atoms with E-state index in [1.165, 1.54) is 12.3 Å². The van der Waals surface area contributed by atoms with E-state index in [2.05, 4.69) is 4.98 Å². The van der Waals surface area contributed by atoms with E-state index < -0.39 is 15.8 Å². The van der Waals surface area contributed by atoms with Crippen LogP contribution in [0, 0.1) is 0 Å². The summed E-state index contributed by atoms with van der Waals surface area (Å²) in [5.74, 6) is -0.733. The van der Waals surface area contributed by atoms with Gasteiger partial charge in [0.05, 0.1) is 16.2 Å². The van der Waals surface area contributed by atoms with Crippen molar-refractivity contribution in [2.45, 2.75) is 17.3 Å². The quantitative estimate of drug-likeness (QED) is 0.460. The van der Waals surface area contributed by atoms with Crippen LogP contribution in [0.1, 0.15) is 21.5 Å². The van der Waals surface area contributed by atoms with Crippen LogP contribution < -0.4 is 0 Å². The summed E-state index contributed by atoms with van der Waals surface area (Å²) in [6, 6.07) is 17.9. The van der Waals surface area contributed by atoms with Crippen LogP contribution >= 0.6 is 11.6 Å². The first kappa shape index (κ1) is 19.1. The van der Waals surface area contributed by atoms with Crippen LogP contribution in [0.15, 0.2) is 77.8 Å². The van der Waals surface area contributed by atoms with Gasteiger partial charge in [0.1, 0.15) is 11.8 Å². The molecule has 0 radical (unpaired) electrons. The minimum absolute atomic E-state index is 0.0511. The van der Waals surface area contributed by atoms with E-state index in [4.69, 9.17) is 16.3 Å². The third kappa shape index (κ3) is 5.15. The summed E-state index contributed by atoms with van der Waals surface area (Å²) in [5.41, 5.74) is 1.51. The van der Waals surface area contributed by atoms with E-state index in [0.29, 0.717) is 16.3 Å². The maximum atomic E-state index is 12.5. The molecule has 3 rings (SSSR count). The molecule has 138 valence electrons. The van der Waals surface area contributed by atoms with E-state index in [1.54, 1.807) is 60.7 Å². The van der Waals surface area contributed by atoms with Crippen molar-refractivity contribution in [3.05, 3.63) is 94.8 Å². The van der Waals surface area contributed by atoms with Gasteiger partial charge in [0.15, 0.2) is 9.84 Å². The molecule has 0 aliphatic carbocycles. The van der Waals surface area contributed by atoms with Gasteiger partial charge in [0.25, 0.3) is 0 Å². The predicted octanol–water partition coefficient (Wildman–Crippen LogP) is 4.07. The number of halogens is 1. The summed E-state index contributed by atoms with van der Waals surface area (Å²) < 4.78 is 30.2. The minimum Gasteiger partial charge on any atom is -0.457 e. The number of hydrogen-bond acceptors (Lipinski definition) is 5. The van der Waals surface area contributed by atoms with Crippen molar-refractivity contribution in [3.8, 4) is 0 Å². The molecule has 0 bridgehead atoms. The van der Waals surface area contributed by atoms with Crippen molar-refractivity contribution in [2.75, 3.05) is 0 Å². The first-order valence-corrected chi connectivity index (χ1v) is 10.1. The lowest BCUT2D eigenvalue weighted by Crippen LogP contribution is -2.08. The molecule has 1 aromatic heterocycles. The summed E-state index contributed by atoms with van der Waals surface area (Å²) in [5, 5.41) is 0.359. The number of pyridine rings is 1. The third-order valence-corrected chi connectivity index (χ3v) is 5.71. The smallest absolute Gasteiger partial charge is 0.338 e. The molecule has 0 amide bonds. The van der Waals surface area contributed by atoms with Gasteiger partial charge in [-0.15, -0.1) is 0 Å². The SMILES string of the molecule is O=C(OCc1ccc(Cl)nc1)c1cccc(CS(=O)(=O)c2ccccc2)c1. The number of nitrogens with zero attached hydrogens (tertiary/aromatic N) is 1. The lowest BCUT2D eigenvalue weighted by Gasteiger charge is -2.08. The molecule has 0 N–H and O–H groups in total. The Kier molecular flexibility index (Phi) is 5.88. The van der Waals surface area contributed by atoms with Crippen LogP contribution in [-0.4, -0.2) is 19.4 Å². The van der Waals surface area contributed by atoms with Crippen LogP contribution in [-0.2, 0) is 26.9 Å². The number of hydrogen-bond donors (Lipinski definition) is 0. The highest BCUT2D eigenvalue weighted by atomic mass is 35.5. The molecule has 0 fully saturated rings. The van der Waals surface area contributed by atoms with E-state index in [-0.39, 0.29) is 22.8 Å². The second kappa shape index (κ2) is 8.33. The van der Waals surface area contributed by atoms with Gasteiger partial charge < -0.3 is 4.74 Å². The van der Waals surface area contributed by atoms with Gasteiger partial charge in [-0.1, -0.05) is 48.0 Å². The number of carbonyl (C=O) groups excluding carboxylic acids is 1. The number of carbonyl (C=O) groups is 1. The monoisotopic (exact) mass is 401 g/mol. The molecule has 5 nitrogen and oxygen atoms in total. The average molecular weight is 402 g/mol. The third-order valence-electron chi connectivity index (χ3n) is 3.78. The Morgan fingerprint density at radius 2 is 1.74 bits per heavy atom. The Morgan fingerprint density at radius 1 is 0.963 bits per heavy atom. The van der Waals surface area contributed by atoms with E-state index in [0.717, 1.165) is 0 Å².